The summed E-state index contributed by atoms with van der Waals surface area (Å²) in [6.07, 6.45) is 3.94. The van der Waals surface area contributed by atoms with E-state index in [1.807, 2.05) is 10.6 Å². The molecule has 5 heteroatoms. The zero-order valence-corrected chi connectivity index (χ0v) is 9.60. The number of hydrogen-bond donors (Lipinski definition) is 1. The van der Waals surface area contributed by atoms with E-state index in [4.69, 9.17) is 11.0 Å². The fourth-order valence-corrected chi connectivity index (χ4v) is 1.99. The highest BCUT2D eigenvalue weighted by molar-refractivity contribution is 5.71. The Morgan fingerprint density at radius 2 is 2.22 bits per heavy atom. The number of nitrogen functional groups attached to an aromatic ring is 1. The molecular weight excluding hydrogens is 231 g/mol. The van der Waals surface area contributed by atoms with E-state index < -0.39 is 5.82 Å². The van der Waals surface area contributed by atoms with Gasteiger partial charge in [-0.3, -0.25) is 0 Å². The predicted molar refractivity (Wildman–Crippen MR) is 65.0 cm³/mol. The third-order valence-corrected chi connectivity index (χ3v) is 3.13. The topological polar surface area (TPSA) is 67.6 Å². The summed E-state index contributed by atoms with van der Waals surface area (Å²) in [5.74, 6) is 0.0504. The molecule has 0 unspecified atom stereocenters. The zero-order valence-electron chi connectivity index (χ0n) is 9.60. The lowest BCUT2D eigenvalue weighted by Crippen LogP contribution is -1.99. The van der Waals surface area contributed by atoms with E-state index in [-0.39, 0.29) is 5.56 Å². The van der Waals surface area contributed by atoms with Crippen molar-refractivity contribution < 1.29 is 4.39 Å². The first-order valence-electron chi connectivity index (χ1n) is 5.73. The van der Waals surface area contributed by atoms with Crippen molar-refractivity contribution in [1.29, 1.82) is 5.26 Å². The highest BCUT2D eigenvalue weighted by atomic mass is 19.1. The molecule has 1 aromatic carbocycles. The molecule has 1 heterocycles. The number of anilines is 1. The number of benzene rings is 1. The Labute approximate surface area is 103 Å². The average molecular weight is 242 g/mol. The molecule has 0 amide bonds. The molecule has 90 valence electrons. The van der Waals surface area contributed by atoms with E-state index in [2.05, 4.69) is 4.98 Å². The molecule has 1 aliphatic rings. The molecule has 0 saturated heterocycles. The first kappa shape index (κ1) is 10.8. The number of nitrogens with two attached hydrogens (primary N) is 1. The van der Waals surface area contributed by atoms with Crippen molar-refractivity contribution in [2.45, 2.75) is 18.9 Å². The van der Waals surface area contributed by atoms with Gasteiger partial charge >= 0.3 is 0 Å². The molecule has 0 spiro atoms. The van der Waals surface area contributed by atoms with Gasteiger partial charge in [0.2, 0.25) is 0 Å². The highest BCUT2D eigenvalue weighted by Crippen LogP contribution is 2.39. The molecule has 4 nitrogen and oxygen atoms in total. The van der Waals surface area contributed by atoms with E-state index >= 15 is 0 Å². The second-order valence-corrected chi connectivity index (χ2v) is 4.42. The molecule has 2 aromatic rings. The molecule has 0 atom stereocenters. The van der Waals surface area contributed by atoms with Crippen LogP contribution in [0, 0.1) is 17.1 Å². The van der Waals surface area contributed by atoms with E-state index in [0.29, 0.717) is 23.1 Å². The van der Waals surface area contributed by atoms with Crippen LogP contribution < -0.4 is 5.73 Å². The highest BCUT2D eigenvalue weighted by Gasteiger charge is 2.26. The number of aromatic nitrogens is 2. The number of nitrogens with zero attached hydrogens (tertiary/aromatic N) is 3. The minimum absolute atomic E-state index is 0.00729. The maximum Gasteiger partial charge on any atom is 0.140 e. The van der Waals surface area contributed by atoms with Crippen LogP contribution >= 0.6 is 0 Å². The standard InChI is InChI=1S/C13H11FN4/c14-11-4-1-8(5-9(11)6-15)12-13(16)18(7-17-12)10-2-3-10/h1,4-5,7,10H,2-3,16H2. The second kappa shape index (κ2) is 3.84. The summed E-state index contributed by atoms with van der Waals surface area (Å²) >= 11 is 0. The van der Waals surface area contributed by atoms with E-state index in [9.17, 15) is 4.39 Å². The largest absolute Gasteiger partial charge is 0.383 e. The fourth-order valence-electron chi connectivity index (χ4n) is 1.99. The van der Waals surface area contributed by atoms with Crippen molar-refractivity contribution in [3.05, 3.63) is 35.9 Å². The normalized spacial score (nSPS) is 14.4. The van der Waals surface area contributed by atoms with Gasteiger partial charge in [-0.15, -0.1) is 0 Å². The average Bonchev–Trinajstić information content (AvgIpc) is 3.14. The molecule has 1 aromatic heterocycles. The van der Waals surface area contributed by atoms with Crippen LogP contribution in [0.15, 0.2) is 24.5 Å². The maximum atomic E-state index is 13.3. The van der Waals surface area contributed by atoms with Crippen molar-refractivity contribution >= 4 is 5.82 Å². The van der Waals surface area contributed by atoms with Gasteiger partial charge in [-0.05, 0) is 31.0 Å². The van der Waals surface area contributed by atoms with Crippen LogP contribution in [-0.4, -0.2) is 9.55 Å². The van der Waals surface area contributed by atoms with E-state index in [1.54, 1.807) is 12.4 Å². The molecule has 1 saturated carbocycles. The minimum Gasteiger partial charge on any atom is -0.383 e. The Balaban J connectivity index is 2.07. The van der Waals surface area contributed by atoms with Gasteiger partial charge < -0.3 is 10.3 Å². The van der Waals surface area contributed by atoms with Crippen LogP contribution in [0.5, 0.6) is 0 Å². The molecular formula is C13H11FN4. The Morgan fingerprint density at radius 1 is 1.44 bits per heavy atom. The van der Waals surface area contributed by atoms with Crippen LogP contribution in [0.1, 0.15) is 24.4 Å². The lowest BCUT2D eigenvalue weighted by atomic mass is 10.1. The first-order valence-corrected chi connectivity index (χ1v) is 5.73. The van der Waals surface area contributed by atoms with Gasteiger partial charge in [-0.1, -0.05) is 0 Å². The van der Waals surface area contributed by atoms with E-state index in [1.165, 1.54) is 12.1 Å². The van der Waals surface area contributed by atoms with Crippen LogP contribution in [0.3, 0.4) is 0 Å². The van der Waals surface area contributed by atoms with Gasteiger partial charge in [0.15, 0.2) is 0 Å². The van der Waals surface area contributed by atoms with Gasteiger partial charge in [0, 0.05) is 11.6 Å². The summed E-state index contributed by atoms with van der Waals surface area (Å²) in [6.45, 7) is 0. The van der Waals surface area contributed by atoms with Gasteiger partial charge in [-0.25, -0.2) is 9.37 Å². The summed E-state index contributed by atoms with van der Waals surface area (Å²) in [5.41, 5.74) is 7.32. The summed E-state index contributed by atoms with van der Waals surface area (Å²) in [4.78, 5) is 4.26. The second-order valence-electron chi connectivity index (χ2n) is 4.42. The van der Waals surface area contributed by atoms with Crippen molar-refractivity contribution in [3.63, 3.8) is 0 Å². The molecule has 0 radical (unpaired) electrons. The Bertz CT molecular complexity index is 649. The molecule has 0 bridgehead atoms. The van der Waals surface area contributed by atoms with E-state index in [0.717, 1.165) is 12.8 Å². The maximum absolute atomic E-state index is 13.3. The van der Waals surface area contributed by atoms with Crippen LogP contribution in [0.4, 0.5) is 10.2 Å². The third kappa shape index (κ3) is 1.63. The van der Waals surface area contributed by atoms with Crippen molar-refractivity contribution in [1.82, 2.24) is 9.55 Å². The quantitative estimate of drug-likeness (QED) is 0.879. The number of hydrogen-bond acceptors (Lipinski definition) is 3. The third-order valence-electron chi connectivity index (χ3n) is 3.13. The molecule has 1 fully saturated rings. The molecule has 18 heavy (non-hydrogen) atoms. The van der Waals surface area contributed by atoms with Crippen molar-refractivity contribution in [2.75, 3.05) is 5.73 Å². The Kier molecular flexibility index (Phi) is 2.30. The number of nitriles is 1. The van der Waals surface area contributed by atoms with Crippen molar-refractivity contribution in [2.24, 2.45) is 0 Å². The van der Waals surface area contributed by atoms with Gasteiger partial charge in [0.05, 0.1) is 11.9 Å². The zero-order chi connectivity index (χ0) is 12.7. The summed E-state index contributed by atoms with van der Waals surface area (Å²) in [5, 5.41) is 8.82. The molecule has 1 aliphatic carbocycles. The van der Waals surface area contributed by atoms with Crippen molar-refractivity contribution in [3.8, 4) is 17.3 Å². The summed E-state index contributed by atoms with van der Waals surface area (Å²) in [7, 11) is 0. The Hall–Kier alpha value is -2.35. The summed E-state index contributed by atoms with van der Waals surface area (Å²) in [6, 6.07) is 6.60. The lowest BCUT2D eigenvalue weighted by Gasteiger charge is -2.04. The number of rotatable bonds is 2. The number of imidazole rings is 1. The lowest BCUT2D eigenvalue weighted by molar-refractivity contribution is 0.624. The smallest absolute Gasteiger partial charge is 0.140 e. The molecule has 2 N–H and O–H groups in total. The van der Waals surface area contributed by atoms with Crippen LogP contribution in [0.2, 0.25) is 0 Å². The Morgan fingerprint density at radius 3 is 2.89 bits per heavy atom. The first-order chi connectivity index (χ1) is 8.70. The predicted octanol–water partition coefficient (Wildman–Crippen LogP) is 2.48. The van der Waals surface area contributed by atoms with Gasteiger partial charge in [0.25, 0.3) is 0 Å². The fraction of sp³-hybridized carbons (Fsp3) is 0.231. The summed E-state index contributed by atoms with van der Waals surface area (Å²) < 4.78 is 15.2. The minimum atomic E-state index is -0.526. The van der Waals surface area contributed by atoms with Crippen LogP contribution in [0.25, 0.3) is 11.3 Å². The number of halogens is 1. The van der Waals surface area contributed by atoms with Crippen LogP contribution in [-0.2, 0) is 0 Å². The molecule has 0 aliphatic heterocycles. The SMILES string of the molecule is N#Cc1cc(-c2ncn(C3CC3)c2N)ccc1F. The van der Waals surface area contributed by atoms with Gasteiger partial charge in [0.1, 0.15) is 23.4 Å². The van der Waals surface area contributed by atoms with Gasteiger partial charge in [-0.2, -0.15) is 5.26 Å². The monoisotopic (exact) mass is 242 g/mol. The molecule has 3 rings (SSSR count).